The lowest BCUT2D eigenvalue weighted by atomic mass is 10.1. The van der Waals surface area contributed by atoms with Crippen molar-refractivity contribution in [1.29, 1.82) is 0 Å². The van der Waals surface area contributed by atoms with Crippen LogP contribution in [0.1, 0.15) is 47.8 Å². The number of imidazole rings is 1. The van der Waals surface area contributed by atoms with Crippen LogP contribution in [0.4, 0.5) is 0 Å². The van der Waals surface area contributed by atoms with Gasteiger partial charge in [0.1, 0.15) is 11.5 Å². The van der Waals surface area contributed by atoms with Gasteiger partial charge in [0.15, 0.2) is 0 Å². The first-order valence-corrected chi connectivity index (χ1v) is 7.31. The Morgan fingerprint density at radius 1 is 1.29 bits per heavy atom. The molecule has 0 fully saturated rings. The summed E-state index contributed by atoms with van der Waals surface area (Å²) in [6.45, 7) is 5.56. The molecule has 0 saturated heterocycles. The molecule has 1 amide bonds. The van der Waals surface area contributed by atoms with E-state index < -0.39 is 0 Å². The molecular formula is C15H19N5O. The number of carbonyl (C=O) groups excluding carboxylic acids is 1. The minimum Gasteiger partial charge on any atom is -0.333 e. The first-order valence-electron chi connectivity index (χ1n) is 7.31. The van der Waals surface area contributed by atoms with Gasteiger partial charge in [-0.1, -0.05) is 6.92 Å². The fourth-order valence-corrected chi connectivity index (χ4v) is 2.81. The summed E-state index contributed by atoms with van der Waals surface area (Å²) in [7, 11) is 0. The van der Waals surface area contributed by atoms with Crippen molar-refractivity contribution >= 4 is 5.91 Å². The number of fused-ring (bicyclic) bond motifs is 1. The molecule has 1 aliphatic heterocycles. The summed E-state index contributed by atoms with van der Waals surface area (Å²) in [5, 5.41) is 0. The highest BCUT2D eigenvalue weighted by Gasteiger charge is 2.30. The summed E-state index contributed by atoms with van der Waals surface area (Å²) in [4.78, 5) is 27.5. The Labute approximate surface area is 123 Å². The van der Waals surface area contributed by atoms with Crippen LogP contribution < -0.4 is 0 Å². The van der Waals surface area contributed by atoms with Crippen molar-refractivity contribution in [2.45, 2.75) is 39.3 Å². The molecule has 0 N–H and O–H groups in total. The maximum absolute atomic E-state index is 12.8. The van der Waals surface area contributed by atoms with E-state index in [1.165, 1.54) is 0 Å². The zero-order valence-electron chi connectivity index (χ0n) is 12.4. The van der Waals surface area contributed by atoms with Crippen LogP contribution in [0.15, 0.2) is 24.8 Å². The SMILES string of the molecule is CCC1c2nccn2CCCN1C(=O)c1cnc(C)cn1. The Morgan fingerprint density at radius 2 is 2.14 bits per heavy atom. The van der Waals surface area contributed by atoms with Gasteiger partial charge >= 0.3 is 0 Å². The molecule has 2 aromatic heterocycles. The summed E-state index contributed by atoms with van der Waals surface area (Å²) < 4.78 is 2.14. The molecule has 0 aliphatic carbocycles. The zero-order valence-corrected chi connectivity index (χ0v) is 12.4. The van der Waals surface area contributed by atoms with Crippen molar-refractivity contribution in [3.63, 3.8) is 0 Å². The molecule has 1 aliphatic rings. The van der Waals surface area contributed by atoms with Gasteiger partial charge in [-0.2, -0.15) is 0 Å². The number of nitrogens with zero attached hydrogens (tertiary/aromatic N) is 5. The van der Waals surface area contributed by atoms with Gasteiger partial charge in [-0.15, -0.1) is 0 Å². The zero-order chi connectivity index (χ0) is 14.8. The second-order valence-corrected chi connectivity index (χ2v) is 5.30. The largest absolute Gasteiger partial charge is 0.333 e. The molecule has 0 radical (unpaired) electrons. The van der Waals surface area contributed by atoms with Crippen molar-refractivity contribution in [2.24, 2.45) is 0 Å². The van der Waals surface area contributed by atoms with Gasteiger partial charge in [0.05, 0.1) is 17.9 Å². The molecule has 0 bridgehead atoms. The van der Waals surface area contributed by atoms with Gasteiger partial charge in [0.2, 0.25) is 0 Å². The molecule has 1 atom stereocenters. The Bertz CT molecular complexity index is 634. The number of carbonyl (C=O) groups is 1. The standard InChI is InChI=1S/C15H19N5O/c1-3-13-14-16-5-8-19(14)6-4-7-20(13)15(21)12-10-17-11(2)9-18-12/h5,8-10,13H,3-4,6-7H2,1-2H3. The van der Waals surface area contributed by atoms with Crippen molar-refractivity contribution < 1.29 is 4.79 Å². The Balaban J connectivity index is 1.93. The van der Waals surface area contributed by atoms with Crippen molar-refractivity contribution in [3.05, 3.63) is 42.0 Å². The van der Waals surface area contributed by atoms with E-state index in [9.17, 15) is 4.79 Å². The number of aryl methyl sites for hydroxylation is 2. The van der Waals surface area contributed by atoms with E-state index in [4.69, 9.17) is 0 Å². The van der Waals surface area contributed by atoms with Crippen LogP contribution in [0.25, 0.3) is 0 Å². The third kappa shape index (κ3) is 2.53. The number of hydrogen-bond acceptors (Lipinski definition) is 4. The van der Waals surface area contributed by atoms with Crippen LogP contribution >= 0.6 is 0 Å². The normalized spacial score (nSPS) is 18.2. The van der Waals surface area contributed by atoms with Gasteiger partial charge in [0.25, 0.3) is 5.91 Å². The first-order chi connectivity index (χ1) is 10.2. The Kier molecular flexibility index (Phi) is 3.68. The maximum atomic E-state index is 12.8. The van der Waals surface area contributed by atoms with Crippen molar-refractivity contribution in [2.75, 3.05) is 6.54 Å². The van der Waals surface area contributed by atoms with Gasteiger partial charge in [-0.3, -0.25) is 9.78 Å². The molecule has 3 rings (SSSR count). The average molecular weight is 285 g/mol. The molecule has 6 heteroatoms. The molecule has 0 aromatic carbocycles. The quantitative estimate of drug-likeness (QED) is 0.846. The number of hydrogen-bond donors (Lipinski definition) is 0. The highest BCUT2D eigenvalue weighted by Crippen LogP contribution is 2.27. The predicted molar refractivity (Wildman–Crippen MR) is 77.7 cm³/mol. The molecule has 0 spiro atoms. The molecule has 21 heavy (non-hydrogen) atoms. The summed E-state index contributed by atoms with van der Waals surface area (Å²) in [5.41, 5.74) is 1.21. The smallest absolute Gasteiger partial charge is 0.274 e. The lowest BCUT2D eigenvalue weighted by Crippen LogP contribution is -2.35. The van der Waals surface area contributed by atoms with E-state index in [0.29, 0.717) is 5.69 Å². The number of rotatable bonds is 2. The third-order valence-corrected chi connectivity index (χ3v) is 3.87. The van der Waals surface area contributed by atoms with E-state index in [-0.39, 0.29) is 11.9 Å². The summed E-state index contributed by atoms with van der Waals surface area (Å²) in [5.74, 6) is 0.897. The summed E-state index contributed by atoms with van der Waals surface area (Å²) >= 11 is 0. The molecule has 3 heterocycles. The minimum absolute atomic E-state index is 0.00176. The molecule has 110 valence electrons. The lowest BCUT2D eigenvalue weighted by molar-refractivity contribution is 0.0664. The van der Waals surface area contributed by atoms with Crippen LogP contribution in [-0.4, -0.2) is 36.9 Å². The minimum atomic E-state index is -0.0641. The number of aromatic nitrogens is 4. The maximum Gasteiger partial charge on any atom is 0.274 e. The van der Waals surface area contributed by atoms with Gasteiger partial charge in [-0.05, 0) is 19.8 Å². The predicted octanol–water partition coefficient (Wildman–Crippen LogP) is 1.98. The van der Waals surface area contributed by atoms with E-state index >= 15 is 0 Å². The highest BCUT2D eigenvalue weighted by molar-refractivity contribution is 5.92. The second kappa shape index (κ2) is 5.63. The Hall–Kier alpha value is -2.24. The summed E-state index contributed by atoms with van der Waals surface area (Å²) in [6, 6.07) is -0.00176. The van der Waals surface area contributed by atoms with Crippen LogP contribution in [0.3, 0.4) is 0 Å². The fourth-order valence-electron chi connectivity index (χ4n) is 2.81. The molecule has 6 nitrogen and oxygen atoms in total. The van der Waals surface area contributed by atoms with E-state index in [2.05, 4.69) is 26.4 Å². The lowest BCUT2D eigenvalue weighted by Gasteiger charge is -2.28. The molecule has 1 unspecified atom stereocenters. The van der Waals surface area contributed by atoms with Gasteiger partial charge in [-0.25, -0.2) is 9.97 Å². The topological polar surface area (TPSA) is 63.9 Å². The van der Waals surface area contributed by atoms with Crippen molar-refractivity contribution in [3.8, 4) is 0 Å². The first kappa shape index (κ1) is 13.7. The van der Waals surface area contributed by atoms with E-state index in [1.54, 1.807) is 18.6 Å². The van der Waals surface area contributed by atoms with Crippen LogP contribution in [0, 0.1) is 6.92 Å². The van der Waals surface area contributed by atoms with Crippen molar-refractivity contribution in [1.82, 2.24) is 24.4 Å². The van der Waals surface area contributed by atoms with E-state index in [0.717, 1.165) is 37.4 Å². The third-order valence-electron chi connectivity index (χ3n) is 3.87. The Morgan fingerprint density at radius 3 is 2.86 bits per heavy atom. The highest BCUT2D eigenvalue weighted by atomic mass is 16.2. The second-order valence-electron chi connectivity index (χ2n) is 5.30. The van der Waals surface area contributed by atoms with Crippen LogP contribution in [0.5, 0.6) is 0 Å². The fraction of sp³-hybridized carbons (Fsp3) is 0.467. The monoisotopic (exact) mass is 285 g/mol. The molecular weight excluding hydrogens is 266 g/mol. The molecule has 0 saturated carbocycles. The van der Waals surface area contributed by atoms with E-state index in [1.807, 2.05) is 18.0 Å². The molecule has 2 aromatic rings. The van der Waals surface area contributed by atoms with Gasteiger partial charge < -0.3 is 9.47 Å². The van der Waals surface area contributed by atoms with Gasteiger partial charge in [0, 0.05) is 31.7 Å². The number of amides is 1. The van der Waals surface area contributed by atoms with Crippen LogP contribution in [0.2, 0.25) is 0 Å². The summed E-state index contributed by atoms with van der Waals surface area (Å²) in [6.07, 6.45) is 8.73. The van der Waals surface area contributed by atoms with Crippen LogP contribution in [-0.2, 0) is 6.54 Å². The average Bonchev–Trinajstić information content (AvgIpc) is 2.88.